The third kappa shape index (κ3) is 2.56. The zero-order valence-corrected chi connectivity index (χ0v) is 9.65. The smallest absolute Gasteiger partial charge is 0.166 e. The predicted octanol–water partition coefficient (Wildman–Crippen LogP) is 0.662. The van der Waals surface area contributed by atoms with Crippen molar-refractivity contribution in [1.29, 1.82) is 0 Å². The maximum absolute atomic E-state index is 9.87. The van der Waals surface area contributed by atoms with Gasteiger partial charge in [-0.05, 0) is 13.1 Å². The monoisotopic (exact) mass is 227 g/mol. The molecule has 5 heteroatoms. The molecule has 0 saturated carbocycles. The number of nitrogens with one attached hydrogen (secondary N) is 1. The minimum atomic E-state index is -0.763. The Hall–Kier alpha value is -1.46. The van der Waals surface area contributed by atoms with Gasteiger partial charge in [-0.3, -0.25) is 0 Å². The molecule has 1 atom stereocenters. The van der Waals surface area contributed by atoms with Gasteiger partial charge < -0.3 is 25.0 Å². The van der Waals surface area contributed by atoms with Gasteiger partial charge in [0.2, 0.25) is 0 Å². The van der Waals surface area contributed by atoms with Crippen LogP contribution in [-0.4, -0.2) is 38.0 Å². The highest BCUT2D eigenvalue weighted by molar-refractivity contribution is 5.52. The Morgan fingerprint density at radius 2 is 2.00 bits per heavy atom. The number of hydrogen-bond donors (Lipinski definition) is 3. The minimum Gasteiger partial charge on any atom is -0.508 e. The van der Waals surface area contributed by atoms with E-state index >= 15 is 0 Å². The van der Waals surface area contributed by atoms with E-state index in [0.717, 1.165) is 0 Å². The quantitative estimate of drug-likeness (QED) is 0.689. The van der Waals surface area contributed by atoms with Crippen molar-refractivity contribution in [1.82, 2.24) is 5.32 Å². The molecule has 16 heavy (non-hydrogen) atoms. The number of rotatable bonds is 5. The lowest BCUT2D eigenvalue weighted by molar-refractivity contribution is 0.172. The van der Waals surface area contributed by atoms with E-state index in [0.29, 0.717) is 23.6 Å². The number of benzene rings is 1. The molecule has 0 fully saturated rings. The molecular formula is C11H17NO4. The fourth-order valence-corrected chi connectivity index (χ4v) is 1.53. The van der Waals surface area contributed by atoms with E-state index in [1.54, 1.807) is 7.05 Å². The molecule has 0 spiro atoms. The number of likely N-dealkylation sites (N-methyl/N-ethyl adjacent to an activating group) is 1. The largest absolute Gasteiger partial charge is 0.508 e. The summed E-state index contributed by atoms with van der Waals surface area (Å²) in [4.78, 5) is 0. The van der Waals surface area contributed by atoms with Gasteiger partial charge in [0.05, 0.1) is 20.3 Å². The fourth-order valence-electron chi connectivity index (χ4n) is 1.53. The Kier molecular flexibility index (Phi) is 4.39. The molecule has 0 amide bonds. The molecule has 1 unspecified atom stereocenters. The predicted molar refractivity (Wildman–Crippen MR) is 60.1 cm³/mol. The van der Waals surface area contributed by atoms with Crippen LogP contribution < -0.4 is 14.8 Å². The summed E-state index contributed by atoms with van der Waals surface area (Å²) in [6.45, 7) is 0.364. The van der Waals surface area contributed by atoms with Gasteiger partial charge in [-0.2, -0.15) is 0 Å². The minimum absolute atomic E-state index is 0.0304. The molecule has 5 nitrogen and oxygen atoms in total. The van der Waals surface area contributed by atoms with Gasteiger partial charge in [-0.25, -0.2) is 0 Å². The van der Waals surface area contributed by atoms with Crippen LogP contribution in [0.3, 0.4) is 0 Å². The number of aromatic hydroxyl groups is 1. The standard InChI is InChI=1S/C11H17NO4/c1-12-6-9(14)8-4-7(13)5-10(15-2)11(8)16-3/h4-5,9,12-14H,6H2,1-3H3. The van der Waals surface area contributed by atoms with E-state index in [1.165, 1.54) is 26.4 Å². The summed E-state index contributed by atoms with van der Waals surface area (Å²) in [5.41, 5.74) is 0.494. The average Bonchev–Trinajstić information content (AvgIpc) is 2.28. The lowest BCUT2D eigenvalue weighted by atomic mass is 10.1. The fraction of sp³-hybridized carbons (Fsp3) is 0.455. The Labute approximate surface area is 94.6 Å². The SMILES string of the molecule is CNCC(O)c1cc(O)cc(OC)c1OC. The number of phenols is 1. The molecule has 0 aliphatic rings. The third-order valence-electron chi connectivity index (χ3n) is 2.25. The van der Waals surface area contributed by atoms with E-state index in [2.05, 4.69) is 5.32 Å². The summed E-state index contributed by atoms with van der Waals surface area (Å²) < 4.78 is 10.2. The first-order valence-corrected chi connectivity index (χ1v) is 4.91. The van der Waals surface area contributed by atoms with Crippen LogP contribution in [0.1, 0.15) is 11.7 Å². The third-order valence-corrected chi connectivity index (χ3v) is 2.25. The molecule has 0 aliphatic carbocycles. The lowest BCUT2D eigenvalue weighted by Crippen LogP contribution is -2.17. The summed E-state index contributed by atoms with van der Waals surface area (Å²) in [7, 11) is 4.70. The zero-order chi connectivity index (χ0) is 12.1. The van der Waals surface area contributed by atoms with Crippen LogP contribution in [0.25, 0.3) is 0 Å². The Bertz CT molecular complexity index is 354. The molecule has 0 radical (unpaired) electrons. The zero-order valence-electron chi connectivity index (χ0n) is 9.65. The van der Waals surface area contributed by atoms with E-state index < -0.39 is 6.10 Å². The number of hydrogen-bond acceptors (Lipinski definition) is 5. The van der Waals surface area contributed by atoms with E-state index in [-0.39, 0.29) is 5.75 Å². The van der Waals surface area contributed by atoms with Crippen LogP contribution >= 0.6 is 0 Å². The van der Waals surface area contributed by atoms with Crippen molar-refractivity contribution >= 4 is 0 Å². The molecule has 1 aromatic rings. The molecule has 0 heterocycles. The number of aliphatic hydroxyl groups excluding tert-OH is 1. The second-order valence-electron chi connectivity index (χ2n) is 3.34. The summed E-state index contributed by atoms with van der Waals surface area (Å²) in [6, 6.07) is 2.90. The molecule has 1 aromatic carbocycles. The van der Waals surface area contributed by atoms with Crippen molar-refractivity contribution < 1.29 is 19.7 Å². The van der Waals surface area contributed by atoms with Gasteiger partial charge >= 0.3 is 0 Å². The summed E-state index contributed by atoms with van der Waals surface area (Å²) in [5.74, 6) is 0.860. The van der Waals surface area contributed by atoms with Gasteiger partial charge in [0, 0.05) is 18.2 Å². The molecule has 0 aliphatic heterocycles. The van der Waals surface area contributed by atoms with Crippen LogP contribution in [0, 0.1) is 0 Å². The molecular weight excluding hydrogens is 210 g/mol. The summed E-state index contributed by atoms with van der Waals surface area (Å²) in [6.07, 6.45) is -0.763. The van der Waals surface area contributed by atoms with Crippen molar-refractivity contribution in [3.05, 3.63) is 17.7 Å². The average molecular weight is 227 g/mol. The van der Waals surface area contributed by atoms with Gasteiger partial charge in [0.25, 0.3) is 0 Å². The van der Waals surface area contributed by atoms with E-state index in [9.17, 15) is 10.2 Å². The molecule has 0 bridgehead atoms. The first-order valence-electron chi connectivity index (χ1n) is 4.91. The van der Waals surface area contributed by atoms with Gasteiger partial charge in [-0.1, -0.05) is 0 Å². The lowest BCUT2D eigenvalue weighted by Gasteiger charge is -2.17. The normalized spacial score (nSPS) is 12.2. The molecule has 0 saturated heterocycles. The number of methoxy groups -OCH3 is 2. The van der Waals surface area contributed by atoms with Crippen LogP contribution in [0.2, 0.25) is 0 Å². The molecule has 0 aromatic heterocycles. The topological polar surface area (TPSA) is 71.0 Å². The van der Waals surface area contributed by atoms with Gasteiger partial charge in [0.15, 0.2) is 11.5 Å². The van der Waals surface area contributed by atoms with Crippen LogP contribution in [-0.2, 0) is 0 Å². The van der Waals surface area contributed by atoms with E-state index in [1.807, 2.05) is 0 Å². The van der Waals surface area contributed by atoms with Crippen molar-refractivity contribution in [3.63, 3.8) is 0 Å². The van der Waals surface area contributed by atoms with Crippen molar-refractivity contribution in [3.8, 4) is 17.2 Å². The first kappa shape index (κ1) is 12.6. The Balaban J connectivity index is 3.19. The van der Waals surface area contributed by atoms with E-state index in [4.69, 9.17) is 9.47 Å². The maximum atomic E-state index is 9.87. The first-order chi connectivity index (χ1) is 7.63. The second kappa shape index (κ2) is 5.58. The van der Waals surface area contributed by atoms with Crippen molar-refractivity contribution in [2.75, 3.05) is 27.8 Å². The molecule has 90 valence electrons. The highest BCUT2D eigenvalue weighted by atomic mass is 16.5. The number of aliphatic hydroxyl groups is 1. The van der Waals surface area contributed by atoms with Crippen LogP contribution in [0.4, 0.5) is 0 Å². The highest BCUT2D eigenvalue weighted by Gasteiger charge is 2.18. The van der Waals surface area contributed by atoms with Crippen LogP contribution in [0.5, 0.6) is 17.2 Å². The Morgan fingerprint density at radius 1 is 1.31 bits per heavy atom. The highest BCUT2D eigenvalue weighted by Crippen LogP contribution is 2.38. The molecule has 3 N–H and O–H groups in total. The van der Waals surface area contributed by atoms with Crippen molar-refractivity contribution in [2.45, 2.75) is 6.10 Å². The Morgan fingerprint density at radius 3 is 2.50 bits per heavy atom. The second-order valence-corrected chi connectivity index (χ2v) is 3.34. The summed E-state index contributed by atoms with van der Waals surface area (Å²) in [5, 5.41) is 22.2. The maximum Gasteiger partial charge on any atom is 0.166 e. The van der Waals surface area contributed by atoms with Gasteiger partial charge in [-0.15, -0.1) is 0 Å². The van der Waals surface area contributed by atoms with Crippen LogP contribution in [0.15, 0.2) is 12.1 Å². The molecule has 1 rings (SSSR count). The number of ether oxygens (including phenoxy) is 2. The number of phenolic OH excluding ortho intramolecular Hbond substituents is 1. The summed E-state index contributed by atoms with van der Waals surface area (Å²) >= 11 is 0. The van der Waals surface area contributed by atoms with Crippen molar-refractivity contribution in [2.24, 2.45) is 0 Å². The van der Waals surface area contributed by atoms with Gasteiger partial charge in [0.1, 0.15) is 5.75 Å².